The van der Waals surface area contributed by atoms with Gasteiger partial charge in [-0.05, 0) is 42.8 Å². The summed E-state index contributed by atoms with van der Waals surface area (Å²) in [6.07, 6.45) is 2.79. The van der Waals surface area contributed by atoms with Crippen molar-refractivity contribution in [1.29, 1.82) is 0 Å². The van der Waals surface area contributed by atoms with Crippen molar-refractivity contribution in [3.8, 4) is 22.8 Å². The molecule has 1 aliphatic rings. The molecule has 1 aliphatic heterocycles. The normalized spacial score (nSPS) is 15.9. The minimum absolute atomic E-state index is 0.0525. The Balaban J connectivity index is 1.49. The average Bonchev–Trinajstić information content (AvgIpc) is 3.46. The van der Waals surface area contributed by atoms with Crippen LogP contribution in [0, 0.1) is 0 Å². The van der Waals surface area contributed by atoms with Crippen molar-refractivity contribution in [2.45, 2.75) is 25.8 Å². The first-order valence-electron chi connectivity index (χ1n) is 10.7. The van der Waals surface area contributed by atoms with Gasteiger partial charge < -0.3 is 15.4 Å². The maximum atomic E-state index is 12.1. The summed E-state index contributed by atoms with van der Waals surface area (Å²) < 4.78 is 7.80. The van der Waals surface area contributed by atoms with E-state index >= 15 is 0 Å². The number of nitrogens with zero attached hydrogens (tertiary/aromatic N) is 5. The molecule has 1 amide bonds. The van der Waals surface area contributed by atoms with E-state index in [2.05, 4.69) is 9.97 Å². The number of nitrogens with two attached hydrogens (primary N) is 1. The zero-order chi connectivity index (χ0) is 22.1. The van der Waals surface area contributed by atoms with Crippen LogP contribution in [0.5, 0.6) is 11.5 Å². The average molecular weight is 428 g/mol. The fraction of sp³-hybridized carbons (Fsp3) is 0.250. The molecule has 0 spiro atoms. The van der Waals surface area contributed by atoms with E-state index in [1.54, 1.807) is 0 Å². The summed E-state index contributed by atoms with van der Waals surface area (Å²) >= 11 is 0. The molecule has 3 heterocycles. The number of para-hydroxylation sites is 1. The number of hydrogen-bond acceptors (Lipinski definition) is 6. The zero-order valence-corrected chi connectivity index (χ0v) is 17.8. The second kappa shape index (κ2) is 8.30. The molecule has 2 aromatic heterocycles. The standard InChI is InChI=1S/C24H24N6O2/c1-2-20(31)29-13-12-17(14-29)30-24-21(23(25)26-15-27-24)22(28-30)16-8-10-19(11-9-16)32-18-6-4-3-5-7-18/h3-11,15,17H,2,12-14H2,1H3,(H2,25,26,27). The summed E-state index contributed by atoms with van der Waals surface area (Å²) in [6, 6.07) is 17.4. The molecule has 8 nitrogen and oxygen atoms in total. The lowest BCUT2D eigenvalue weighted by atomic mass is 10.1. The number of carbonyl (C=O) groups excluding carboxylic acids is 1. The van der Waals surface area contributed by atoms with E-state index in [0.29, 0.717) is 24.4 Å². The second-order valence-electron chi connectivity index (χ2n) is 7.83. The molecule has 0 radical (unpaired) electrons. The Labute approximate surface area is 185 Å². The molecular weight excluding hydrogens is 404 g/mol. The van der Waals surface area contributed by atoms with Crippen molar-refractivity contribution in [2.24, 2.45) is 0 Å². The molecule has 4 aromatic rings. The quantitative estimate of drug-likeness (QED) is 0.515. The summed E-state index contributed by atoms with van der Waals surface area (Å²) in [5.74, 6) is 2.06. The molecule has 1 saturated heterocycles. The van der Waals surface area contributed by atoms with Gasteiger partial charge in [0.25, 0.3) is 0 Å². The molecule has 0 aliphatic carbocycles. The van der Waals surface area contributed by atoms with Gasteiger partial charge in [-0.2, -0.15) is 5.10 Å². The van der Waals surface area contributed by atoms with Gasteiger partial charge in [-0.25, -0.2) is 14.6 Å². The SMILES string of the molecule is CCC(=O)N1CCC(n2nc(-c3ccc(Oc4ccccc4)cc3)c3c(N)ncnc32)C1. The molecule has 2 N–H and O–H groups in total. The molecule has 1 atom stereocenters. The minimum Gasteiger partial charge on any atom is -0.457 e. The van der Waals surface area contributed by atoms with Crippen LogP contribution in [0.2, 0.25) is 0 Å². The second-order valence-corrected chi connectivity index (χ2v) is 7.83. The van der Waals surface area contributed by atoms with Gasteiger partial charge in [-0.15, -0.1) is 0 Å². The van der Waals surface area contributed by atoms with Crippen molar-refractivity contribution >= 4 is 22.8 Å². The van der Waals surface area contributed by atoms with E-state index in [1.165, 1.54) is 6.33 Å². The number of fused-ring (bicyclic) bond motifs is 1. The monoisotopic (exact) mass is 428 g/mol. The number of carbonyl (C=O) groups is 1. The highest BCUT2D eigenvalue weighted by Gasteiger charge is 2.30. The first-order valence-corrected chi connectivity index (χ1v) is 10.7. The summed E-state index contributed by atoms with van der Waals surface area (Å²) in [4.78, 5) is 22.7. The van der Waals surface area contributed by atoms with Crippen LogP contribution in [-0.4, -0.2) is 43.6 Å². The lowest BCUT2D eigenvalue weighted by Crippen LogP contribution is -2.28. The van der Waals surface area contributed by atoms with Gasteiger partial charge in [0.05, 0.1) is 11.4 Å². The highest BCUT2D eigenvalue weighted by molar-refractivity contribution is 5.98. The molecular formula is C24H24N6O2. The fourth-order valence-electron chi connectivity index (χ4n) is 4.15. The van der Waals surface area contributed by atoms with E-state index < -0.39 is 0 Å². The smallest absolute Gasteiger partial charge is 0.222 e. The van der Waals surface area contributed by atoms with Gasteiger partial charge in [0.2, 0.25) is 5.91 Å². The number of rotatable bonds is 5. The first-order chi connectivity index (χ1) is 15.6. The Kier molecular flexibility index (Phi) is 5.18. The number of hydrogen-bond donors (Lipinski definition) is 1. The number of ether oxygens (including phenoxy) is 1. The van der Waals surface area contributed by atoms with E-state index in [9.17, 15) is 4.79 Å². The van der Waals surface area contributed by atoms with Crippen LogP contribution in [0.25, 0.3) is 22.3 Å². The van der Waals surface area contributed by atoms with E-state index in [4.69, 9.17) is 15.6 Å². The van der Waals surface area contributed by atoms with Gasteiger partial charge in [0, 0.05) is 25.1 Å². The summed E-state index contributed by atoms with van der Waals surface area (Å²) in [5.41, 5.74) is 8.55. The third-order valence-electron chi connectivity index (χ3n) is 5.79. The van der Waals surface area contributed by atoms with E-state index in [0.717, 1.165) is 41.1 Å². The first kappa shape index (κ1) is 20.0. The van der Waals surface area contributed by atoms with Crippen LogP contribution in [-0.2, 0) is 4.79 Å². The Morgan fingerprint density at radius 1 is 1.09 bits per heavy atom. The van der Waals surface area contributed by atoms with Gasteiger partial charge >= 0.3 is 0 Å². The van der Waals surface area contributed by atoms with Crippen molar-refractivity contribution in [3.05, 3.63) is 60.9 Å². The number of benzene rings is 2. The molecule has 1 fully saturated rings. The van der Waals surface area contributed by atoms with Crippen LogP contribution >= 0.6 is 0 Å². The number of anilines is 1. The predicted octanol–water partition coefficient (Wildman–Crippen LogP) is 4.05. The Morgan fingerprint density at radius 2 is 1.84 bits per heavy atom. The van der Waals surface area contributed by atoms with E-state index in [-0.39, 0.29) is 11.9 Å². The van der Waals surface area contributed by atoms with Crippen molar-refractivity contribution in [1.82, 2.24) is 24.6 Å². The highest BCUT2D eigenvalue weighted by Crippen LogP contribution is 2.35. The predicted molar refractivity (Wildman–Crippen MR) is 122 cm³/mol. The highest BCUT2D eigenvalue weighted by atomic mass is 16.5. The van der Waals surface area contributed by atoms with Crippen molar-refractivity contribution in [3.63, 3.8) is 0 Å². The van der Waals surface area contributed by atoms with Crippen LogP contribution in [0.1, 0.15) is 25.8 Å². The third-order valence-corrected chi connectivity index (χ3v) is 5.79. The summed E-state index contributed by atoms with van der Waals surface area (Å²) in [6.45, 7) is 3.23. The van der Waals surface area contributed by atoms with Crippen LogP contribution in [0.4, 0.5) is 5.82 Å². The maximum absolute atomic E-state index is 12.1. The summed E-state index contributed by atoms with van der Waals surface area (Å²) in [7, 11) is 0. The number of nitrogen functional groups attached to an aromatic ring is 1. The molecule has 1 unspecified atom stereocenters. The van der Waals surface area contributed by atoms with Crippen LogP contribution in [0.3, 0.4) is 0 Å². The molecule has 0 bridgehead atoms. The number of aromatic nitrogens is 4. The molecule has 32 heavy (non-hydrogen) atoms. The molecule has 8 heteroatoms. The summed E-state index contributed by atoms with van der Waals surface area (Å²) in [5, 5.41) is 5.62. The van der Waals surface area contributed by atoms with Gasteiger partial charge in [0.1, 0.15) is 29.3 Å². The lowest BCUT2D eigenvalue weighted by molar-refractivity contribution is -0.129. The lowest BCUT2D eigenvalue weighted by Gasteiger charge is -2.15. The minimum atomic E-state index is 0.0525. The zero-order valence-electron chi connectivity index (χ0n) is 17.8. The van der Waals surface area contributed by atoms with E-state index in [1.807, 2.05) is 71.1 Å². The van der Waals surface area contributed by atoms with Gasteiger partial charge in [0.15, 0.2) is 5.65 Å². The Hall–Kier alpha value is -3.94. The van der Waals surface area contributed by atoms with Gasteiger partial charge in [-0.3, -0.25) is 4.79 Å². The third kappa shape index (κ3) is 3.64. The molecule has 2 aromatic carbocycles. The number of likely N-dealkylation sites (tertiary alicyclic amines) is 1. The van der Waals surface area contributed by atoms with Crippen LogP contribution in [0.15, 0.2) is 60.9 Å². The van der Waals surface area contributed by atoms with Gasteiger partial charge in [-0.1, -0.05) is 25.1 Å². The topological polar surface area (TPSA) is 99.2 Å². The molecule has 0 saturated carbocycles. The Morgan fingerprint density at radius 3 is 2.59 bits per heavy atom. The van der Waals surface area contributed by atoms with Crippen LogP contribution < -0.4 is 10.5 Å². The van der Waals surface area contributed by atoms with Crippen molar-refractivity contribution < 1.29 is 9.53 Å². The molecule has 162 valence electrons. The molecule has 5 rings (SSSR count). The maximum Gasteiger partial charge on any atom is 0.222 e. The number of amides is 1. The van der Waals surface area contributed by atoms with Crippen molar-refractivity contribution in [2.75, 3.05) is 18.8 Å². The largest absolute Gasteiger partial charge is 0.457 e. The fourth-order valence-corrected chi connectivity index (χ4v) is 4.15. The Bertz CT molecular complexity index is 1250.